The molecule has 0 saturated carbocycles. The quantitative estimate of drug-likeness (QED) is 0.0839. The Labute approximate surface area is 596 Å². The summed E-state index contributed by atoms with van der Waals surface area (Å²) < 4.78 is 0. The predicted molar refractivity (Wildman–Crippen MR) is 438 cm³/mol. The summed E-state index contributed by atoms with van der Waals surface area (Å²) in [6.07, 6.45) is 0. The summed E-state index contributed by atoms with van der Waals surface area (Å²) in [5, 5.41) is 4.15. The van der Waals surface area contributed by atoms with Gasteiger partial charge in [-0.05, 0) is 205 Å². The maximum atomic E-state index is 2.66. The van der Waals surface area contributed by atoms with Gasteiger partial charge in [0.1, 0.15) is 8.07 Å². The van der Waals surface area contributed by atoms with Gasteiger partial charge < -0.3 is 9.80 Å². The average molecular weight is 1310 g/mol. The number of hydrogen-bond donors (Lipinski definition) is 0. The van der Waals surface area contributed by atoms with Crippen molar-refractivity contribution in [3.05, 3.63) is 386 Å². The van der Waals surface area contributed by atoms with Crippen LogP contribution in [0.2, 0.25) is 6.55 Å². The number of nitrogens with zero attached hydrogens (tertiary/aromatic N) is 2. The highest BCUT2D eigenvalue weighted by atomic mass is 28.3. The van der Waals surface area contributed by atoms with E-state index in [1.54, 1.807) is 0 Å². The van der Waals surface area contributed by atoms with Crippen molar-refractivity contribution in [1.29, 1.82) is 0 Å². The van der Waals surface area contributed by atoms with Crippen molar-refractivity contribution in [1.82, 2.24) is 0 Å². The summed E-state index contributed by atoms with van der Waals surface area (Å²) in [5.41, 5.74) is 37.8. The molecule has 0 aromatic heterocycles. The van der Waals surface area contributed by atoms with Gasteiger partial charge in [-0.25, -0.2) is 0 Å². The molecule has 0 N–H and O–H groups in total. The molecule has 100 heavy (non-hydrogen) atoms. The van der Waals surface area contributed by atoms with Crippen LogP contribution in [0, 0.1) is 83.1 Å². The lowest BCUT2D eigenvalue weighted by molar-refractivity contribution is 1.28. The zero-order valence-corrected chi connectivity index (χ0v) is 61.3. The van der Waals surface area contributed by atoms with E-state index in [1.807, 2.05) is 0 Å². The molecular formula is C95H88B2N2Si. The van der Waals surface area contributed by atoms with Gasteiger partial charge in [0.05, 0.1) is 0 Å². The first-order valence-electron chi connectivity index (χ1n) is 35.5. The van der Waals surface area contributed by atoms with Crippen LogP contribution < -0.4 is 47.8 Å². The van der Waals surface area contributed by atoms with Crippen molar-refractivity contribution in [2.75, 3.05) is 9.80 Å². The van der Waals surface area contributed by atoms with E-state index in [0.29, 0.717) is 0 Å². The van der Waals surface area contributed by atoms with E-state index in [4.69, 9.17) is 0 Å². The zero-order valence-electron chi connectivity index (χ0n) is 60.3. The fourth-order valence-corrected chi connectivity index (χ4v) is 22.1. The van der Waals surface area contributed by atoms with Crippen molar-refractivity contribution in [2.24, 2.45) is 0 Å². The number of hydrogen-bond acceptors (Lipinski definition) is 2. The molecule has 1 aliphatic heterocycles. The standard InChI is InChI=1S/C95H88B2N2Si/c1-63-55-67(5)90(68(6)56-63)96(91-69(7)57-64(2)58-70(91)8)79-47-39-77(40-48-79)94-88(75-43-51-85(52-44-75)98(81-29-19-14-20-30-81)82-31-21-15-22-32-82)89(76-45-53-86(54-46-76)99(83-33-23-16-24-34-83)84-35-25-17-26-36-84)95(100(94,13)87-37-27-18-28-38-87)78-41-49-80(50-42-78)97(92-71(9)59-65(3)60-72(92)10)93-73(11)61-66(4)62-74(93)12/h14-62H,1-13H3. The molecule has 0 atom stereocenters. The van der Waals surface area contributed by atoms with Crippen LogP contribution in [0.15, 0.2) is 297 Å². The highest BCUT2D eigenvalue weighted by Crippen LogP contribution is 2.56. The Balaban J connectivity index is 1.06. The summed E-state index contributed by atoms with van der Waals surface area (Å²) in [4.78, 5) is 4.75. The number of anilines is 6. The number of allylic oxidation sites excluding steroid dienone is 2. The Hall–Kier alpha value is -10.7. The van der Waals surface area contributed by atoms with Gasteiger partial charge in [-0.15, -0.1) is 0 Å². The van der Waals surface area contributed by atoms with Crippen molar-refractivity contribution in [3.63, 3.8) is 0 Å². The van der Waals surface area contributed by atoms with Crippen LogP contribution in [0.4, 0.5) is 34.1 Å². The summed E-state index contributed by atoms with van der Waals surface area (Å²) in [6.45, 7) is 30.1. The predicted octanol–water partition coefficient (Wildman–Crippen LogP) is 20.0. The molecule has 0 amide bonds. The normalized spacial score (nSPS) is 12.7. The van der Waals surface area contributed by atoms with E-state index in [9.17, 15) is 0 Å². The monoisotopic (exact) mass is 1310 g/mol. The Bertz CT molecular complexity index is 4620. The van der Waals surface area contributed by atoms with Crippen LogP contribution in [-0.2, 0) is 0 Å². The topological polar surface area (TPSA) is 6.48 Å². The number of benzene rings is 13. The minimum absolute atomic E-state index is 0.0196. The molecular weight excluding hydrogens is 1220 g/mol. The Morgan fingerprint density at radius 1 is 0.230 bits per heavy atom. The zero-order chi connectivity index (χ0) is 69.5. The third-order valence-corrected chi connectivity index (χ3v) is 25.7. The fourth-order valence-electron chi connectivity index (χ4n) is 17.4. The third-order valence-electron chi connectivity index (χ3n) is 21.2. The second-order valence-electron chi connectivity index (χ2n) is 28.5. The average Bonchev–Trinajstić information content (AvgIpc) is 1.72. The largest absolute Gasteiger partial charge is 0.311 e. The molecule has 0 saturated heterocycles. The van der Waals surface area contributed by atoms with Gasteiger partial charge in [-0.1, -0.05) is 331 Å². The summed E-state index contributed by atoms with van der Waals surface area (Å²) in [5.74, 6) is 0. The fraction of sp³-hybridized carbons (Fsp3) is 0.137. The smallest absolute Gasteiger partial charge is 0.242 e. The molecule has 5 heteroatoms. The van der Waals surface area contributed by atoms with E-state index in [0.717, 1.165) is 34.1 Å². The molecule has 1 heterocycles. The molecule has 488 valence electrons. The van der Waals surface area contributed by atoms with Gasteiger partial charge in [0, 0.05) is 34.1 Å². The van der Waals surface area contributed by atoms with E-state index in [2.05, 4.69) is 397 Å². The Morgan fingerprint density at radius 3 is 0.680 bits per heavy atom. The first-order chi connectivity index (χ1) is 48.4. The van der Waals surface area contributed by atoms with Crippen molar-refractivity contribution >= 4 is 115 Å². The van der Waals surface area contributed by atoms with Crippen LogP contribution in [0.25, 0.3) is 21.5 Å². The minimum Gasteiger partial charge on any atom is -0.311 e. The van der Waals surface area contributed by atoms with Gasteiger partial charge in [0.25, 0.3) is 0 Å². The van der Waals surface area contributed by atoms with E-state index in [1.165, 1.54) is 149 Å². The Kier molecular flexibility index (Phi) is 18.6. The van der Waals surface area contributed by atoms with Gasteiger partial charge in [-0.3, -0.25) is 0 Å². The lowest BCUT2D eigenvalue weighted by atomic mass is 9.34. The molecule has 1 aliphatic rings. The van der Waals surface area contributed by atoms with Crippen LogP contribution in [0.5, 0.6) is 0 Å². The minimum atomic E-state index is -3.18. The van der Waals surface area contributed by atoms with Crippen molar-refractivity contribution < 1.29 is 0 Å². The van der Waals surface area contributed by atoms with Crippen molar-refractivity contribution in [3.8, 4) is 0 Å². The third kappa shape index (κ3) is 12.6. The lowest BCUT2D eigenvalue weighted by Gasteiger charge is -2.32. The second kappa shape index (κ2) is 27.9. The summed E-state index contributed by atoms with van der Waals surface area (Å²) in [7, 11) is -3.18. The Morgan fingerprint density at radius 2 is 0.440 bits per heavy atom. The molecule has 0 unspecified atom stereocenters. The van der Waals surface area contributed by atoms with Crippen LogP contribution >= 0.6 is 0 Å². The van der Waals surface area contributed by atoms with Crippen LogP contribution in [0.1, 0.15) is 89.0 Å². The second-order valence-corrected chi connectivity index (χ2v) is 32.3. The molecule has 0 aliphatic carbocycles. The van der Waals surface area contributed by atoms with Crippen LogP contribution in [0.3, 0.4) is 0 Å². The van der Waals surface area contributed by atoms with Gasteiger partial charge >= 0.3 is 0 Å². The van der Waals surface area contributed by atoms with E-state index < -0.39 is 8.07 Å². The highest BCUT2D eigenvalue weighted by molar-refractivity contribution is 7.21. The first-order valence-corrected chi connectivity index (χ1v) is 38.0. The molecule has 13 aromatic rings. The SMILES string of the molecule is Cc1cc(C)c(B(c2ccc(C3=C(c4ccc(N(c5ccccc5)c5ccccc5)cc4)C(c4ccc(N(c5ccccc5)c5ccccc5)cc4)=C(c4ccc(B(c5c(C)cc(C)cc5C)c5c(C)cc(C)cc5C)cc4)[Si]3(C)c3ccccc3)cc2)c2c(C)cc(C)cc2C)c(C)c1. The van der Waals surface area contributed by atoms with Gasteiger partial charge in [0.2, 0.25) is 13.4 Å². The maximum absolute atomic E-state index is 3.18. The van der Waals surface area contributed by atoms with Crippen molar-refractivity contribution in [2.45, 2.75) is 89.6 Å². The maximum Gasteiger partial charge on any atom is 0.242 e. The summed E-state index contributed by atoms with van der Waals surface area (Å²) >= 11 is 0. The van der Waals surface area contributed by atoms with E-state index in [-0.39, 0.29) is 13.4 Å². The molecule has 0 bridgehead atoms. The van der Waals surface area contributed by atoms with Gasteiger partial charge in [0.15, 0.2) is 0 Å². The number of rotatable bonds is 17. The van der Waals surface area contributed by atoms with Gasteiger partial charge in [-0.2, -0.15) is 0 Å². The molecule has 13 aromatic carbocycles. The van der Waals surface area contributed by atoms with E-state index >= 15 is 0 Å². The highest BCUT2D eigenvalue weighted by Gasteiger charge is 2.49. The molecule has 2 nitrogen and oxygen atoms in total. The lowest BCUT2D eigenvalue weighted by Crippen LogP contribution is -2.56. The number of aryl methyl sites for hydroxylation is 12. The molecule has 0 radical (unpaired) electrons. The van der Waals surface area contributed by atoms with Crippen LogP contribution in [-0.4, -0.2) is 21.5 Å². The number of para-hydroxylation sites is 4. The molecule has 0 fully saturated rings. The molecule has 0 spiro atoms. The summed E-state index contributed by atoms with van der Waals surface area (Å²) in [6, 6.07) is 113. The first kappa shape index (κ1) is 66.5. The molecule has 14 rings (SSSR count).